The van der Waals surface area contributed by atoms with Gasteiger partial charge in [0.1, 0.15) is 0 Å². The second-order valence-electron chi connectivity index (χ2n) is 6.81. The van der Waals surface area contributed by atoms with Crippen LogP contribution in [0.1, 0.15) is 45.4 Å². The third-order valence-electron chi connectivity index (χ3n) is 5.56. The van der Waals surface area contributed by atoms with Gasteiger partial charge in [0.2, 0.25) is 0 Å². The molecular formula is C16H31N3. The van der Waals surface area contributed by atoms with Crippen molar-refractivity contribution in [1.29, 1.82) is 0 Å². The molecule has 4 aliphatic rings. The summed E-state index contributed by atoms with van der Waals surface area (Å²) in [4.78, 5) is 5.44. The van der Waals surface area contributed by atoms with Crippen molar-refractivity contribution in [2.45, 2.75) is 57.5 Å². The third kappa shape index (κ3) is 3.32. The summed E-state index contributed by atoms with van der Waals surface area (Å²) in [6, 6.07) is 1.51. The molecule has 0 aromatic rings. The summed E-state index contributed by atoms with van der Waals surface area (Å²) >= 11 is 0. The molecule has 4 fully saturated rings. The summed E-state index contributed by atoms with van der Waals surface area (Å²) in [6.45, 7) is 9.92. The molecule has 0 radical (unpaired) electrons. The van der Waals surface area contributed by atoms with Crippen LogP contribution in [0.3, 0.4) is 0 Å². The van der Waals surface area contributed by atoms with Crippen molar-refractivity contribution in [3.63, 3.8) is 0 Å². The topological polar surface area (TPSA) is 18.5 Å². The molecule has 19 heavy (non-hydrogen) atoms. The van der Waals surface area contributed by atoms with E-state index in [9.17, 15) is 0 Å². The Morgan fingerprint density at radius 1 is 1.05 bits per heavy atom. The molecule has 3 heterocycles. The summed E-state index contributed by atoms with van der Waals surface area (Å²) in [7, 11) is 0. The van der Waals surface area contributed by atoms with Crippen LogP contribution in [0.4, 0.5) is 0 Å². The Morgan fingerprint density at radius 2 is 1.79 bits per heavy atom. The average molecular weight is 265 g/mol. The minimum absolute atomic E-state index is 0.733. The molecule has 0 aromatic carbocycles. The Kier molecular flexibility index (Phi) is 4.78. The first-order chi connectivity index (χ1) is 9.36. The molecule has 3 heteroatoms. The zero-order chi connectivity index (χ0) is 13.1. The fourth-order valence-electron chi connectivity index (χ4n) is 4.46. The second kappa shape index (κ2) is 6.55. The van der Waals surface area contributed by atoms with Gasteiger partial charge in [-0.05, 0) is 18.9 Å². The van der Waals surface area contributed by atoms with Crippen molar-refractivity contribution in [1.82, 2.24) is 15.1 Å². The standard InChI is InChI=1S/C16H31N3/c1-2-17-15(12-14-6-4-3-5-7-14)16-13-18-8-10-19(16)11-9-18/h14-17H,2-13H2,1H3. The van der Waals surface area contributed by atoms with Gasteiger partial charge in [0, 0.05) is 44.8 Å². The highest BCUT2D eigenvalue weighted by Gasteiger charge is 2.37. The van der Waals surface area contributed by atoms with Crippen LogP contribution in [0.25, 0.3) is 0 Å². The van der Waals surface area contributed by atoms with Crippen molar-refractivity contribution < 1.29 is 0 Å². The van der Waals surface area contributed by atoms with Crippen LogP contribution in [-0.4, -0.2) is 61.2 Å². The van der Waals surface area contributed by atoms with Crippen molar-refractivity contribution in [2.24, 2.45) is 5.92 Å². The number of piperazine rings is 3. The summed E-state index contributed by atoms with van der Waals surface area (Å²) in [5.74, 6) is 0.995. The van der Waals surface area contributed by atoms with Gasteiger partial charge in [0.15, 0.2) is 0 Å². The van der Waals surface area contributed by atoms with Gasteiger partial charge in [-0.2, -0.15) is 0 Å². The molecule has 3 aliphatic heterocycles. The molecule has 3 nitrogen and oxygen atoms in total. The van der Waals surface area contributed by atoms with Crippen LogP contribution in [0.5, 0.6) is 0 Å². The molecule has 2 atom stereocenters. The first kappa shape index (κ1) is 13.8. The molecule has 0 amide bonds. The Hall–Kier alpha value is -0.120. The van der Waals surface area contributed by atoms with Crippen LogP contribution in [0.15, 0.2) is 0 Å². The first-order valence-corrected chi connectivity index (χ1v) is 8.56. The van der Waals surface area contributed by atoms with Gasteiger partial charge in [-0.1, -0.05) is 39.0 Å². The van der Waals surface area contributed by atoms with E-state index in [4.69, 9.17) is 0 Å². The lowest BCUT2D eigenvalue weighted by Crippen LogP contribution is -2.66. The number of likely N-dealkylation sites (N-methyl/N-ethyl adjacent to an activating group) is 1. The number of hydrogen-bond donors (Lipinski definition) is 1. The van der Waals surface area contributed by atoms with E-state index in [1.807, 2.05) is 0 Å². The van der Waals surface area contributed by atoms with Gasteiger partial charge in [0.25, 0.3) is 0 Å². The van der Waals surface area contributed by atoms with E-state index in [0.29, 0.717) is 0 Å². The van der Waals surface area contributed by atoms with Crippen LogP contribution < -0.4 is 5.32 Å². The maximum Gasteiger partial charge on any atom is 0.0377 e. The van der Waals surface area contributed by atoms with Crippen molar-refractivity contribution in [3.8, 4) is 0 Å². The van der Waals surface area contributed by atoms with E-state index < -0.39 is 0 Å². The van der Waals surface area contributed by atoms with Gasteiger partial charge in [0.05, 0.1) is 0 Å². The Bertz CT molecular complexity index is 267. The highest BCUT2D eigenvalue weighted by atomic mass is 15.4. The van der Waals surface area contributed by atoms with Crippen LogP contribution in [0.2, 0.25) is 0 Å². The summed E-state index contributed by atoms with van der Waals surface area (Å²) in [6.07, 6.45) is 8.82. The van der Waals surface area contributed by atoms with Gasteiger partial charge in [-0.3, -0.25) is 9.80 Å². The summed E-state index contributed by atoms with van der Waals surface area (Å²) in [5.41, 5.74) is 0. The van der Waals surface area contributed by atoms with Crippen LogP contribution >= 0.6 is 0 Å². The van der Waals surface area contributed by atoms with Crippen LogP contribution in [0, 0.1) is 5.92 Å². The average Bonchev–Trinajstić information content (AvgIpc) is 2.49. The zero-order valence-electron chi connectivity index (χ0n) is 12.6. The van der Waals surface area contributed by atoms with Gasteiger partial charge in [-0.25, -0.2) is 0 Å². The summed E-state index contributed by atoms with van der Waals surface area (Å²) < 4.78 is 0. The van der Waals surface area contributed by atoms with E-state index in [2.05, 4.69) is 22.0 Å². The molecule has 4 rings (SSSR count). The Balaban J connectivity index is 1.59. The number of nitrogens with zero attached hydrogens (tertiary/aromatic N) is 2. The van der Waals surface area contributed by atoms with Crippen molar-refractivity contribution >= 4 is 0 Å². The lowest BCUT2D eigenvalue weighted by molar-refractivity contribution is -0.00750. The zero-order valence-corrected chi connectivity index (χ0v) is 12.6. The quantitative estimate of drug-likeness (QED) is 0.819. The Labute approximate surface area is 118 Å². The maximum atomic E-state index is 3.82. The first-order valence-electron chi connectivity index (χ1n) is 8.56. The molecule has 2 bridgehead atoms. The normalized spacial score (nSPS) is 37.4. The van der Waals surface area contributed by atoms with Crippen molar-refractivity contribution in [3.05, 3.63) is 0 Å². The van der Waals surface area contributed by atoms with Crippen LogP contribution in [-0.2, 0) is 0 Å². The molecule has 2 unspecified atom stereocenters. The second-order valence-corrected chi connectivity index (χ2v) is 6.81. The molecule has 0 aromatic heterocycles. The van der Waals surface area contributed by atoms with Crippen molar-refractivity contribution in [2.75, 3.05) is 39.3 Å². The molecule has 1 saturated carbocycles. The van der Waals surface area contributed by atoms with Gasteiger partial charge >= 0.3 is 0 Å². The molecule has 3 saturated heterocycles. The number of rotatable bonds is 5. The fraction of sp³-hybridized carbons (Fsp3) is 1.00. The third-order valence-corrected chi connectivity index (χ3v) is 5.56. The molecule has 1 N–H and O–H groups in total. The van der Waals surface area contributed by atoms with E-state index in [1.54, 1.807) is 0 Å². The van der Waals surface area contributed by atoms with E-state index >= 15 is 0 Å². The SMILES string of the molecule is CCNC(CC1CCCCC1)C1CN2CCN1CC2. The van der Waals surface area contributed by atoms with Gasteiger partial charge in [-0.15, -0.1) is 0 Å². The maximum absolute atomic E-state index is 3.82. The van der Waals surface area contributed by atoms with Gasteiger partial charge < -0.3 is 5.32 Å². The lowest BCUT2D eigenvalue weighted by atomic mass is 9.82. The van der Waals surface area contributed by atoms with E-state index in [1.165, 1.54) is 71.2 Å². The van der Waals surface area contributed by atoms with E-state index in [-0.39, 0.29) is 0 Å². The minimum Gasteiger partial charge on any atom is -0.313 e. The molecule has 1 aliphatic carbocycles. The molecule has 110 valence electrons. The van der Waals surface area contributed by atoms with E-state index in [0.717, 1.165) is 24.5 Å². The predicted molar refractivity (Wildman–Crippen MR) is 80.5 cm³/mol. The Morgan fingerprint density at radius 3 is 2.37 bits per heavy atom. The number of fused-ring (bicyclic) bond motifs is 3. The summed E-state index contributed by atoms with van der Waals surface area (Å²) in [5, 5.41) is 3.82. The molecule has 0 spiro atoms. The smallest absolute Gasteiger partial charge is 0.0377 e. The molecular weight excluding hydrogens is 234 g/mol. The highest BCUT2D eigenvalue weighted by Crippen LogP contribution is 2.30. The minimum atomic E-state index is 0.733. The number of hydrogen-bond acceptors (Lipinski definition) is 3. The number of nitrogens with one attached hydrogen (secondary N) is 1. The lowest BCUT2D eigenvalue weighted by Gasteiger charge is -2.51. The predicted octanol–water partition coefficient (Wildman–Crippen LogP) is 1.93. The fourth-order valence-corrected chi connectivity index (χ4v) is 4.46. The largest absolute Gasteiger partial charge is 0.313 e. The highest BCUT2D eigenvalue weighted by molar-refractivity contribution is 4.95. The monoisotopic (exact) mass is 265 g/mol.